The van der Waals surface area contributed by atoms with Crippen LogP contribution in [0.1, 0.15) is 0 Å². The van der Waals surface area contributed by atoms with Gasteiger partial charge in [-0.1, -0.05) is 12.1 Å². The van der Waals surface area contributed by atoms with Crippen molar-refractivity contribution in [3.05, 3.63) is 62.7 Å². The second kappa shape index (κ2) is 7.07. The molecule has 2 aromatic carbocycles. The van der Waals surface area contributed by atoms with E-state index in [-0.39, 0.29) is 41.8 Å². The predicted octanol–water partition coefficient (Wildman–Crippen LogP) is 2.67. The van der Waals surface area contributed by atoms with E-state index in [9.17, 15) is 25.3 Å². The maximum atomic E-state index is 10.8. The van der Waals surface area contributed by atoms with Crippen LogP contribution in [0.4, 0.5) is 11.4 Å². The maximum Gasteiger partial charge on any atom is 0.311 e. The van der Waals surface area contributed by atoms with E-state index in [0.29, 0.717) is 0 Å². The van der Waals surface area contributed by atoms with E-state index in [2.05, 4.69) is 0 Å². The molecule has 0 aliphatic heterocycles. The SMILES string of the molecule is O=[N+]([O-])c1ccccc1OCCOc1cc(O)ccc1[N+](=O)[O-]. The molecule has 23 heavy (non-hydrogen) atoms. The average Bonchev–Trinajstić information content (AvgIpc) is 2.51. The molecule has 1 N–H and O–H groups in total. The van der Waals surface area contributed by atoms with Crippen molar-refractivity contribution in [3.63, 3.8) is 0 Å². The maximum absolute atomic E-state index is 10.8. The number of hydrogen-bond acceptors (Lipinski definition) is 7. The lowest BCUT2D eigenvalue weighted by molar-refractivity contribution is -0.386. The van der Waals surface area contributed by atoms with Crippen LogP contribution in [0, 0.1) is 20.2 Å². The Bertz CT molecular complexity index is 733. The number of rotatable bonds is 7. The third-order valence-electron chi connectivity index (χ3n) is 2.80. The molecular weight excluding hydrogens is 308 g/mol. The number of nitrogens with zero attached hydrogens (tertiary/aromatic N) is 2. The van der Waals surface area contributed by atoms with Crippen molar-refractivity contribution in [1.29, 1.82) is 0 Å². The number of ether oxygens (including phenoxy) is 2. The highest BCUT2D eigenvalue weighted by Gasteiger charge is 2.16. The van der Waals surface area contributed by atoms with Crippen molar-refractivity contribution in [2.24, 2.45) is 0 Å². The van der Waals surface area contributed by atoms with Gasteiger partial charge in [0.2, 0.25) is 5.75 Å². The molecule has 0 radical (unpaired) electrons. The van der Waals surface area contributed by atoms with E-state index >= 15 is 0 Å². The standard InChI is InChI=1S/C14H12N2O7/c17-10-5-6-12(16(20)21)14(9-10)23-8-7-22-13-4-2-1-3-11(13)15(18)19/h1-6,9,17H,7-8H2. The van der Waals surface area contributed by atoms with Crippen LogP contribution in [0.15, 0.2) is 42.5 Å². The van der Waals surface area contributed by atoms with Crippen LogP contribution >= 0.6 is 0 Å². The van der Waals surface area contributed by atoms with Gasteiger partial charge in [0.1, 0.15) is 19.0 Å². The molecule has 120 valence electrons. The number of hydrogen-bond donors (Lipinski definition) is 1. The normalized spacial score (nSPS) is 10.1. The number of nitro groups is 2. The van der Waals surface area contributed by atoms with Gasteiger partial charge in [-0.15, -0.1) is 0 Å². The molecule has 0 amide bonds. The van der Waals surface area contributed by atoms with E-state index < -0.39 is 9.85 Å². The fraction of sp³-hybridized carbons (Fsp3) is 0.143. The van der Waals surface area contributed by atoms with E-state index in [0.717, 1.165) is 12.1 Å². The third-order valence-corrected chi connectivity index (χ3v) is 2.80. The molecule has 2 rings (SSSR count). The summed E-state index contributed by atoms with van der Waals surface area (Å²) < 4.78 is 10.5. The van der Waals surface area contributed by atoms with Gasteiger partial charge in [0.15, 0.2) is 5.75 Å². The highest BCUT2D eigenvalue weighted by Crippen LogP contribution is 2.30. The third kappa shape index (κ3) is 4.06. The molecule has 0 aliphatic carbocycles. The summed E-state index contributed by atoms with van der Waals surface area (Å²) >= 11 is 0. The number of para-hydroxylation sites is 2. The van der Waals surface area contributed by atoms with Crippen molar-refractivity contribution >= 4 is 11.4 Å². The lowest BCUT2D eigenvalue weighted by atomic mass is 10.3. The summed E-state index contributed by atoms with van der Waals surface area (Å²) in [7, 11) is 0. The van der Waals surface area contributed by atoms with Crippen molar-refractivity contribution in [2.75, 3.05) is 13.2 Å². The van der Waals surface area contributed by atoms with E-state index in [4.69, 9.17) is 9.47 Å². The highest BCUT2D eigenvalue weighted by atomic mass is 16.6. The van der Waals surface area contributed by atoms with Gasteiger partial charge in [0.05, 0.1) is 9.85 Å². The molecule has 9 heteroatoms. The van der Waals surface area contributed by atoms with Crippen molar-refractivity contribution in [2.45, 2.75) is 0 Å². The minimum Gasteiger partial charge on any atom is -0.508 e. The van der Waals surface area contributed by atoms with Gasteiger partial charge in [0.25, 0.3) is 0 Å². The molecule has 0 saturated carbocycles. The number of benzene rings is 2. The molecule has 0 aromatic heterocycles. The van der Waals surface area contributed by atoms with Crippen LogP contribution in [0.3, 0.4) is 0 Å². The lowest BCUT2D eigenvalue weighted by Gasteiger charge is -2.09. The van der Waals surface area contributed by atoms with Gasteiger partial charge in [-0.25, -0.2) is 0 Å². The summed E-state index contributed by atoms with van der Waals surface area (Å²) in [5, 5.41) is 31.0. The first-order chi connectivity index (χ1) is 11.0. The Morgan fingerprint density at radius 3 is 2.09 bits per heavy atom. The quantitative estimate of drug-likeness (QED) is 0.472. The number of phenols is 1. The monoisotopic (exact) mass is 320 g/mol. The van der Waals surface area contributed by atoms with Gasteiger partial charge >= 0.3 is 11.4 Å². The summed E-state index contributed by atoms with van der Waals surface area (Å²) in [6.07, 6.45) is 0. The molecule has 0 saturated heterocycles. The molecule has 0 atom stereocenters. The van der Waals surface area contributed by atoms with Gasteiger partial charge in [-0.2, -0.15) is 0 Å². The van der Waals surface area contributed by atoms with Gasteiger partial charge in [0, 0.05) is 18.2 Å². The Balaban J connectivity index is 1.98. The second-order valence-corrected chi connectivity index (χ2v) is 4.33. The molecule has 0 spiro atoms. The first-order valence-corrected chi connectivity index (χ1v) is 6.45. The van der Waals surface area contributed by atoms with Gasteiger partial charge in [-0.3, -0.25) is 20.2 Å². The first kappa shape index (κ1) is 16.0. The molecular formula is C14H12N2O7. The zero-order valence-corrected chi connectivity index (χ0v) is 11.7. The highest BCUT2D eigenvalue weighted by molar-refractivity contribution is 5.50. The number of phenolic OH excluding ortho intramolecular Hbond substituents is 1. The summed E-state index contributed by atoms with van der Waals surface area (Å²) in [6.45, 7) is -0.145. The summed E-state index contributed by atoms with van der Waals surface area (Å²) in [6, 6.07) is 9.25. The largest absolute Gasteiger partial charge is 0.508 e. The van der Waals surface area contributed by atoms with Crippen molar-refractivity contribution in [1.82, 2.24) is 0 Å². The predicted molar refractivity (Wildman–Crippen MR) is 78.8 cm³/mol. The molecule has 9 nitrogen and oxygen atoms in total. The van der Waals surface area contributed by atoms with Gasteiger partial charge < -0.3 is 14.6 Å². The lowest BCUT2D eigenvalue weighted by Crippen LogP contribution is -2.10. The Labute approximate surface area is 130 Å². The smallest absolute Gasteiger partial charge is 0.311 e. The topological polar surface area (TPSA) is 125 Å². The van der Waals surface area contributed by atoms with Crippen LogP contribution in [0.2, 0.25) is 0 Å². The number of aromatic hydroxyl groups is 1. The average molecular weight is 320 g/mol. The van der Waals surface area contributed by atoms with E-state index in [1.165, 1.54) is 24.3 Å². The fourth-order valence-corrected chi connectivity index (χ4v) is 1.80. The summed E-state index contributed by atoms with van der Waals surface area (Å²) in [4.78, 5) is 20.5. The second-order valence-electron chi connectivity index (χ2n) is 4.33. The molecule has 0 bridgehead atoms. The van der Waals surface area contributed by atoms with Crippen LogP contribution in [-0.4, -0.2) is 28.2 Å². The zero-order valence-electron chi connectivity index (χ0n) is 11.7. The minimum absolute atomic E-state index is 0.0579. The van der Waals surface area contributed by atoms with E-state index in [1.54, 1.807) is 6.07 Å². The fourth-order valence-electron chi connectivity index (χ4n) is 1.80. The van der Waals surface area contributed by atoms with Crippen LogP contribution < -0.4 is 9.47 Å². The Morgan fingerprint density at radius 1 is 0.870 bits per heavy atom. The van der Waals surface area contributed by atoms with Crippen molar-refractivity contribution < 1.29 is 24.4 Å². The Kier molecular flexibility index (Phi) is 4.92. The summed E-state index contributed by atoms with van der Waals surface area (Å²) in [5.74, 6) is -0.210. The molecule has 0 unspecified atom stereocenters. The molecule has 0 heterocycles. The zero-order chi connectivity index (χ0) is 16.8. The first-order valence-electron chi connectivity index (χ1n) is 6.45. The molecule has 2 aromatic rings. The molecule has 0 aliphatic rings. The van der Waals surface area contributed by atoms with Crippen LogP contribution in [0.25, 0.3) is 0 Å². The minimum atomic E-state index is -0.641. The number of nitro benzene ring substituents is 2. The molecule has 0 fully saturated rings. The Hall–Kier alpha value is -3.36. The van der Waals surface area contributed by atoms with Gasteiger partial charge in [-0.05, 0) is 12.1 Å². The Morgan fingerprint density at radius 2 is 1.43 bits per heavy atom. The summed E-state index contributed by atoms with van der Waals surface area (Å²) in [5.41, 5.74) is -0.482. The van der Waals surface area contributed by atoms with Crippen molar-refractivity contribution in [3.8, 4) is 17.2 Å². The van der Waals surface area contributed by atoms with E-state index in [1.807, 2.05) is 0 Å². The van der Waals surface area contributed by atoms with Crippen LogP contribution in [0.5, 0.6) is 17.2 Å². The van der Waals surface area contributed by atoms with Crippen LogP contribution in [-0.2, 0) is 0 Å².